The van der Waals surface area contributed by atoms with Gasteiger partial charge in [0.2, 0.25) is 5.91 Å². The van der Waals surface area contributed by atoms with Crippen LogP contribution in [0.3, 0.4) is 0 Å². The quantitative estimate of drug-likeness (QED) is 0.676. The van der Waals surface area contributed by atoms with Gasteiger partial charge >= 0.3 is 0 Å². The van der Waals surface area contributed by atoms with Crippen molar-refractivity contribution in [3.63, 3.8) is 0 Å². The van der Waals surface area contributed by atoms with Crippen LogP contribution in [-0.4, -0.2) is 39.6 Å². The molecular weight excluding hydrogens is 256 g/mol. The lowest BCUT2D eigenvalue weighted by Gasteiger charge is -2.33. The van der Waals surface area contributed by atoms with Crippen LogP contribution >= 0.6 is 0 Å². The number of benzene rings is 1. The third kappa shape index (κ3) is 3.24. The minimum atomic E-state index is -0.776. The summed E-state index contributed by atoms with van der Waals surface area (Å²) in [4.78, 5) is 24.9. The lowest BCUT2D eigenvalue weighted by atomic mass is 10.0. The molecule has 1 saturated heterocycles. The minimum absolute atomic E-state index is 0.249. The van der Waals surface area contributed by atoms with Crippen LogP contribution in [0.5, 0.6) is 0 Å². The fraction of sp³-hybridized carbons (Fsp3) is 0.333. The zero-order chi connectivity index (χ0) is 14.5. The van der Waals surface area contributed by atoms with Crippen molar-refractivity contribution < 1.29 is 14.8 Å². The summed E-state index contributed by atoms with van der Waals surface area (Å²) in [5.41, 5.74) is 0.995. The molecule has 20 heavy (non-hydrogen) atoms. The van der Waals surface area contributed by atoms with Gasteiger partial charge in [-0.2, -0.15) is 0 Å². The Bertz CT molecular complexity index is 513. The maximum atomic E-state index is 12.2. The van der Waals surface area contributed by atoms with Crippen LogP contribution in [0, 0.1) is 0 Å². The minimum Gasteiger partial charge on any atom is -0.317 e. The molecule has 106 valence electrons. The maximum absolute atomic E-state index is 12.2. The van der Waals surface area contributed by atoms with Crippen molar-refractivity contribution in [3.05, 3.63) is 42.1 Å². The third-order valence-corrected chi connectivity index (χ3v) is 3.31. The van der Waals surface area contributed by atoms with Crippen LogP contribution in [0.4, 0.5) is 0 Å². The van der Waals surface area contributed by atoms with Crippen molar-refractivity contribution in [2.45, 2.75) is 25.8 Å². The van der Waals surface area contributed by atoms with Crippen molar-refractivity contribution in [1.29, 1.82) is 0 Å². The number of piperidine rings is 1. The monoisotopic (exact) mass is 274 g/mol. The number of likely N-dealkylation sites (tertiary alicyclic amines) is 1. The fourth-order valence-electron chi connectivity index (χ4n) is 2.21. The van der Waals surface area contributed by atoms with E-state index in [-0.39, 0.29) is 5.91 Å². The maximum Gasteiger partial charge on any atom is 0.251 e. The highest BCUT2D eigenvalue weighted by Crippen LogP contribution is 2.17. The summed E-state index contributed by atoms with van der Waals surface area (Å²) in [6, 6.07) is 8.88. The standard InChI is InChI=1S/C15H18N2O3/c1-12(18)17(20)14-8-5-10-16(15(14)19)11-9-13-6-3-2-4-7-13/h2-4,6-7,9,11,14,20H,5,8,10H2,1H3. The van der Waals surface area contributed by atoms with Gasteiger partial charge < -0.3 is 4.90 Å². The van der Waals surface area contributed by atoms with Gasteiger partial charge in [0.1, 0.15) is 6.04 Å². The number of amides is 2. The van der Waals surface area contributed by atoms with Gasteiger partial charge in [0.25, 0.3) is 5.91 Å². The van der Waals surface area contributed by atoms with Crippen LogP contribution in [0.25, 0.3) is 6.08 Å². The summed E-state index contributed by atoms with van der Waals surface area (Å²) in [5.74, 6) is -0.765. The van der Waals surface area contributed by atoms with E-state index in [0.717, 1.165) is 12.0 Å². The first-order valence-corrected chi connectivity index (χ1v) is 6.62. The van der Waals surface area contributed by atoms with Crippen molar-refractivity contribution in [2.24, 2.45) is 0 Å². The first kappa shape index (κ1) is 14.3. The summed E-state index contributed by atoms with van der Waals surface area (Å²) in [7, 11) is 0. The number of hydroxylamine groups is 2. The first-order valence-electron chi connectivity index (χ1n) is 6.62. The smallest absolute Gasteiger partial charge is 0.251 e. The van der Waals surface area contributed by atoms with Crippen LogP contribution in [0.15, 0.2) is 36.5 Å². The summed E-state index contributed by atoms with van der Waals surface area (Å²) in [6.07, 6.45) is 4.79. The average molecular weight is 274 g/mol. The van der Waals surface area contributed by atoms with E-state index >= 15 is 0 Å². The molecule has 1 unspecified atom stereocenters. The topological polar surface area (TPSA) is 60.9 Å². The van der Waals surface area contributed by atoms with Crippen molar-refractivity contribution in [2.75, 3.05) is 6.54 Å². The Kier molecular flexibility index (Phi) is 4.53. The molecule has 5 heteroatoms. The number of rotatable bonds is 3. The normalized spacial score (nSPS) is 19.4. The average Bonchev–Trinajstić information content (AvgIpc) is 2.46. The molecule has 1 aromatic carbocycles. The number of carbonyl (C=O) groups excluding carboxylic acids is 2. The van der Waals surface area contributed by atoms with E-state index in [1.807, 2.05) is 36.4 Å². The largest absolute Gasteiger partial charge is 0.317 e. The molecule has 0 aliphatic carbocycles. The van der Waals surface area contributed by atoms with Crippen LogP contribution in [0.2, 0.25) is 0 Å². The van der Waals surface area contributed by atoms with Gasteiger partial charge in [0, 0.05) is 19.7 Å². The molecule has 0 radical (unpaired) electrons. The molecule has 1 heterocycles. The van der Waals surface area contributed by atoms with E-state index in [4.69, 9.17) is 0 Å². The Hall–Kier alpha value is -2.14. The van der Waals surface area contributed by atoms with Gasteiger partial charge in [0.05, 0.1) is 0 Å². The first-order chi connectivity index (χ1) is 9.59. The Balaban J connectivity index is 2.07. The van der Waals surface area contributed by atoms with Gasteiger partial charge in [-0.05, 0) is 24.5 Å². The summed E-state index contributed by atoms with van der Waals surface area (Å²) in [6.45, 7) is 1.84. The molecule has 2 rings (SSSR count). The Morgan fingerprint density at radius 3 is 2.75 bits per heavy atom. The summed E-state index contributed by atoms with van der Waals surface area (Å²) < 4.78 is 0. The lowest BCUT2D eigenvalue weighted by molar-refractivity contribution is -0.183. The van der Waals surface area contributed by atoms with Gasteiger partial charge in [-0.3, -0.25) is 14.8 Å². The second-order valence-electron chi connectivity index (χ2n) is 4.78. The second kappa shape index (κ2) is 6.34. The van der Waals surface area contributed by atoms with Crippen molar-refractivity contribution in [1.82, 2.24) is 9.96 Å². The van der Waals surface area contributed by atoms with E-state index in [0.29, 0.717) is 18.0 Å². The van der Waals surface area contributed by atoms with Gasteiger partial charge in [-0.1, -0.05) is 30.3 Å². The molecule has 1 aliphatic rings. The third-order valence-electron chi connectivity index (χ3n) is 3.31. The fourth-order valence-corrected chi connectivity index (χ4v) is 2.21. The molecular formula is C15H18N2O3. The highest BCUT2D eigenvalue weighted by Gasteiger charge is 2.33. The number of hydrogen-bond acceptors (Lipinski definition) is 3. The Morgan fingerprint density at radius 1 is 1.40 bits per heavy atom. The molecule has 1 aliphatic heterocycles. The van der Waals surface area contributed by atoms with E-state index in [1.54, 1.807) is 11.1 Å². The highest BCUT2D eigenvalue weighted by atomic mass is 16.5. The summed E-state index contributed by atoms with van der Waals surface area (Å²) >= 11 is 0. The number of hydrogen-bond donors (Lipinski definition) is 1. The van der Waals surface area contributed by atoms with Gasteiger partial charge in [-0.15, -0.1) is 0 Å². The van der Waals surface area contributed by atoms with E-state index in [1.165, 1.54) is 6.92 Å². The van der Waals surface area contributed by atoms with E-state index < -0.39 is 11.9 Å². The van der Waals surface area contributed by atoms with Gasteiger partial charge in [0.15, 0.2) is 0 Å². The molecule has 1 N–H and O–H groups in total. The predicted molar refractivity (Wildman–Crippen MR) is 74.5 cm³/mol. The van der Waals surface area contributed by atoms with Crippen LogP contribution in [-0.2, 0) is 9.59 Å². The zero-order valence-corrected chi connectivity index (χ0v) is 11.4. The molecule has 0 saturated carbocycles. The van der Waals surface area contributed by atoms with Crippen LogP contribution in [0.1, 0.15) is 25.3 Å². The van der Waals surface area contributed by atoms with Crippen molar-refractivity contribution in [3.8, 4) is 0 Å². The molecule has 0 spiro atoms. The molecule has 1 atom stereocenters. The summed E-state index contributed by atoms with van der Waals surface area (Å²) in [5, 5.41) is 10.2. The zero-order valence-electron chi connectivity index (χ0n) is 11.4. The highest BCUT2D eigenvalue weighted by molar-refractivity contribution is 5.87. The molecule has 1 fully saturated rings. The van der Waals surface area contributed by atoms with Crippen molar-refractivity contribution >= 4 is 17.9 Å². The molecule has 0 bridgehead atoms. The van der Waals surface area contributed by atoms with Crippen LogP contribution < -0.4 is 0 Å². The molecule has 1 aromatic rings. The number of nitrogens with zero attached hydrogens (tertiary/aromatic N) is 2. The lowest BCUT2D eigenvalue weighted by Crippen LogP contribution is -2.50. The molecule has 2 amide bonds. The SMILES string of the molecule is CC(=O)N(O)C1CCCN(C=Cc2ccccc2)C1=O. The molecule has 5 nitrogen and oxygen atoms in total. The van der Waals surface area contributed by atoms with E-state index in [2.05, 4.69) is 0 Å². The number of carbonyl (C=O) groups is 2. The van der Waals surface area contributed by atoms with Gasteiger partial charge in [-0.25, -0.2) is 5.06 Å². The molecule has 0 aromatic heterocycles. The Labute approximate surface area is 118 Å². The Morgan fingerprint density at radius 2 is 2.10 bits per heavy atom. The second-order valence-corrected chi connectivity index (χ2v) is 4.78. The van der Waals surface area contributed by atoms with E-state index in [9.17, 15) is 14.8 Å². The predicted octanol–water partition coefficient (Wildman–Crippen LogP) is 1.89.